The van der Waals surface area contributed by atoms with Gasteiger partial charge in [-0.3, -0.25) is 9.52 Å². The molecule has 0 aliphatic heterocycles. The van der Waals surface area contributed by atoms with Crippen molar-refractivity contribution in [3.8, 4) is 5.75 Å². The first-order valence-electron chi connectivity index (χ1n) is 11.5. The summed E-state index contributed by atoms with van der Waals surface area (Å²) in [5.74, 6) is 0.223. The quantitative estimate of drug-likeness (QED) is 0.315. The van der Waals surface area contributed by atoms with Crippen molar-refractivity contribution >= 4 is 27.3 Å². The topological polar surface area (TPSA) is 84.5 Å². The molecule has 3 aromatic carbocycles. The molecule has 0 aromatic heterocycles. The minimum atomic E-state index is -3.75. The van der Waals surface area contributed by atoms with Gasteiger partial charge in [0.15, 0.2) is 0 Å². The Bertz CT molecular complexity index is 1220. The second kappa shape index (κ2) is 11.7. The Labute approximate surface area is 202 Å². The van der Waals surface area contributed by atoms with Crippen molar-refractivity contribution in [2.24, 2.45) is 0 Å². The van der Waals surface area contributed by atoms with Crippen LogP contribution in [0, 0.1) is 13.8 Å². The van der Waals surface area contributed by atoms with Crippen LogP contribution in [0.25, 0.3) is 0 Å². The number of rotatable bonds is 11. The maximum atomic E-state index is 12.8. The number of hydrogen-bond acceptors (Lipinski definition) is 4. The molecule has 3 aromatic rings. The first kappa shape index (κ1) is 25.3. The van der Waals surface area contributed by atoms with Crippen molar-refractivity contribution < 1.29 is 17.9 Å². The highest BCUT2D eigenvalue weighted by Gasteiger charge is 2.16. The van der Waals surface area contributed by atoms with E-state index < -0.39 is 10.0 Å². The number of amides is 1. The normalized spacial score (nSPS) is 11.1. The summed E-state index contributed by atoms with van der Waals surface area (Å²) < 4.78 is 33.9. The number of ether oxygens (including phenoxy) is 1. The van der Waals surface area contributed by atoms with E-state index in [1.165, 1.54) is 12.1 Å². The Morgan fingerprint density at radius 1 is 0.853 bits per heavy atom. The molecule has 0 atom stereocenters. The van der Waals surface area contributed by atoms with Crippen molar-refractivity contribution in [1.29, 1.82) is 0 Å². The molecule has 0 saturated heterocycles. The molecule has 7 heteroatoms. The van der Waals surface area contributed by atoms with Crippen LogP contribution in [-0.4, -0.2) is 20.9 Å². The molecule has 0 aliphatic rings. The zero-order chi connectivity index (χ0) is 24.6. The van der Waals surface area contributed by atoms with Crippen LogP contribution in [0.5, 0.6) is 5.75 Å². The maximum absolute atomic E-state index is 12.8. The molecule has 0 heterocycles. The van der Waals surface area contributed by atoms with Gasteiger partial charge in [0.25, 0.3) is 15.9 Å². The van der Waals surface area contributed by atoms with Crippen molar-refractivity contribution in [2.75, 3.05) is 16.6 Å². The minimum absolute atomic E-state index is 0.111. The number of para-hydroxylation sites is 1. The number of nitrogens with one attached hydrogen (secondary N) is 2. The Morgan fingerprint density at radius 3 is 2.26 bits per heavy atom. The number of anilines is 2. The highest BCUT2D eigenvalue weighted by atomic mass is 32.2. The molecule has 0 bridgehead atoms. The van der Waals surface area contributed by atoms with Crippen LogP contribution in [-0.2, 0) is 10.0 Å². The molecule has 0 aliphatic carbocycles. The monoisotopic (exact) mass is 480 g/mol. The van der Waals surface area contributed by atoms with Gasteiger partial charge in [-0.05, 0) is 79.9 Å². The van der Waals surface area contributed by atoms with Gasteiger partial charge in [0.05, 0.1) is 17.1 Å². The van der Waals surface area contributed by atoms with E-state index in [1.807, 2.05) is 26.0 Å². The van der Waals surface area contributed by atoms with Crippen LogP contribution in [0.1, 0.15) is 54.1 Å². The second-order valence-electron chi connectivity index (χ2n) is 8.29. The molecular weight excluding hydrogens is 448 g/mol. The van der Waals surface area contributed by atoms with Crippen LogP contribution in [0.3, 0.4) is 0 Å². The van der Waals surface area contributed by atoms with Gasteiger partial charge in [-0.1, -0.05) is 44.4 Å². The third-order valence-electron chi connectivity index (χ3n) is 5.57. The van der Waals surface area contributed by atoms with Crippen LogP contribution in [0.2, 0.25) is 0 Å². The van der Waals surface area contributed by atoms with Crippen LogP contribution >= 0.6 is 0 Å². The lowest BCUT2D eigenvalue weighted by molar-refractivity contribution is 0.102. The Balaban J connectivity index is 1.65. The minimum Gasteiger partial charge on any atom is -0.493 e. The van der Waals surface area contributed by atoms with E-state index in [0.717, 1.165) is 36.8 Å². The van der Waals surface area contributed by atoms with E-state index >= 15 is 0 Å². The Hall–Kier alpha value is -3.32. The highest BCUT2D eigenvalue weighted by molar-refractivity contribution is 7.92. The number of aryl methyl sites for hydroxylation is 2. The number of unbranched alkanes of at least 4 members (excludes halogenated alkanes) is 3. The zero-order valence-corrected chi connectivity index (χ0v) is 20.7. The largest absolute Gasteiger partial charge is 0.493 e. The van der Waals surface area contributed by atoms with E-state index in [0.29, 0.717) is 29.3 Å². The SMILES string of the molecule is CCCCCCOc1ccccc1C(=O)Nc1ccc(S(=O)(=O)Nc2ccc(C)c(C)c2)cc1. The molecule has 1 amide bonds. The van der Waals surface area contributed by atoms with Gasteiger partial charge in [0.2, 0.25) is 0 Å². The first-order chi connectivity index (χ1) is 16.3. The molecule has 3 rings (SSSR count). The summed E-state index contributed by atoms with van der Waals surface area (Å²) in [6.45, 7) is 6.62. The molecule has 0 fully saturated rings. The summed E-state index contributed by atoms with van der Waals surface area (Å²) >= 11 is 0. The molecule has 6 nitrogen and oxygen atoms in total. The highest BCUT2D eigenvalue weighted by Crippen LogP contribution is 2.23. The number of carbonyl (C=O) groups is 1. The van der Waals surface area contributed by atoms with Gasteiger partial charge in [-0.25, -0.2) is 8.42 Å². The summed E-state index contributed by atoms with van der Waals surface area (Å²) in [4.78, 5) is 12.9. The molecular formula is C27H32N2O4S. The lowest BCUT2D eigenvalue weighted by Gasteiger charge is -2.13. The van der Waals surface area contributed by atoms with Gasteiger partial charge in [0.1, 0.15) is 5.75 Å². The standard InChI is InChI=1S/C27H32N2O4S/c1-4-5-6-9-18-33-26-11-8-7-10-25(26)27(30)28-22-14-16-24(17-15-22)34(31,32)29-23-13-12-20(2)21(3)19-23/h7-8,10-17,19,29H,4-6,9,18H2,1-3H3,(H,28,30). The van der Waals surface area contributed by atoms with Crippen molar-refractivity contribution in [2.45, 2.75) is 51.3 Å². The Morgan fingerprint density at radius 2 is 1.56 bits per heavy atom. The smallest absolute Gasteiger partial charge is 0.261 e. The Kier molecular flexibility index (Phi) is 8.71. The van der Waals surface area contributed by atoms with Gasteiger partial charge < -0.3 is 10.1 Å². The lowest BCUT2D eigenvalue weighted by Crippen LogP contribution is -2.15. The summed E-state index contributed by atoms with van der Waals surface area (Å²) in [6, 6.07) is 18.6. The third-order valence-corrected chi connectivity index (χ3v) is 6.97. The predicted molar refractivity (Wildman–Crippen MR) is 137 cm³/mol. The molecule has 0 saturated carbocycles. The van der Waals surface area contributed by atoms with Gasteiger partial charge in [-0.15, -0.1) is 0 Å². The molecule has 0 radical (unpaired) electrons. The lowest BCUT2D eigenvalue weighted by atomic mass is 10.1. The maximum Gasteiger partial charge on any atom is 0.261 e. The third kappa shape index (κ3) is 6.84. The number of benzene rings is 3. The van der Waals surface area contributed by atoms with Crippen molar-refractivity contribution in [3.63, 3.8) is 0 Å². The average Bonchev–Trinajstić information content (AvgIpc) is 2.82. The number of sulfonamides is 1. The van der Waals surface area contributed by atoms with Gasteiger partial charge >= 0.3 is 0 Å². The fraction of sp³-hybridized carbons (Fsp3) is 0.296. The zero-order valence-electron chi connectivity index (χ0n) is 19.9. The first-order valence-corrected chi connectivity index (χ1v) is 13.0. The van der Waals surface area contributed by atoms with E-state index in [2.05, 4.69) is 17.0 Å². The van der Waals surface area contributed by atoms with Gasteiger partial charge in [0, 0.05) is 11.4 Å². The fourth-order valence-electron chi connectivity index (χ4n) is 3.43. The number of hydrogen-bond donors (Lipinski definition) is 2. The van der Waals surface area contributed by atoms with E-state index in [-0.39, 0.29) is 10.8 Å². The molecule has 180 valence electrons. The summed E-state index contributed by atoms with van der Waals surface area (Å²) in [5.41, 5.74) is 3.53. The van der Waals surface area contributed by atoms with E-state index in [9.17, 15) is 13.2 Å². The average molecular weight is 481 g/mol. The molecule has 2 N–H and O–H groups in total. The van der Waals surface area contributed by atoms with Crippen molar-refractivity contribution in [3.05, 3.63) is 83.4 Å². The fourth-order valence-corrected chi connectivity index (χ4v) is 4.48. The van der Waals surface area contributed by atoms with Crippen LogP contribution < -0.4 is 14.8 Å². The van der Waals surface area contributed by atoms with E-state index in [4.69, 9.17) is 4.74 Å². The molecule has 34 heavy (non-hydrogen) atoms. The predicted octanol–water partition coefficient (Wildman–Crippen LogP) is 6.32. The van der Waals surface area contributed by atoms with Crippen LogP contribution in [0.15, 0.2) is 71.6 Å². The summed E-state index contributed by atoms with van der Waals surface area (Å²) in [6.07, 6.45) is 4.35. The van der Waals surface area contributed by atoms with Crippen LogP contribution in [0.4, 0.5) is 11.4 Å². The summed E-state index contributed by atoms with van der Waals surface area (Å²) in [7, 11) is -3.75. The van der Waals surface area contributed by atoms with Crippen molar-refractivity contribution in [1.82, 2.24) is 0 Å². The molecule has 0 spiro atoms. The number of carbonyl (C=O) groups excluding carboxylic acids is 1. The summed E-state index contributed by atoms with van der Waals surface area (Å²) in [5, 5.41) is 2.82. The van der Waals surface area contributed by atoms with Gasteiger partial charge in [-0.2, -0.15) is 0 Å². The second-order valence-corrected chi connectivity index (χ2v) is 9.97. The molecule has 0 unspecified atom stereocenters. The van der Waals surface area contributed by atoms with E-state index in [1.54, 1.807) is 42.5 Å².